The number of nitrogens with zero attached hydrogens (tertiary/aromatic N) is 1. The summed E-state index contributed by atoms with van der Waals surface area (Å²) in [4.78, 5) is 0. The van der Waals surface area contributed by atoms with Gasteiger partial charge in [-0.3, -0.25) is 0 Å². The number of hydrogen-bond acceptors (Lipinski definition) is 2. The molecule has 4 heteroatoms. The molecule has 0 aliphatic rings. The van der Waals surface area contributed by atoms with Gasteiger partial charge in [-0.25, -0.2) is 0 Å². The average molecular weight is 227 g/mol. The largest absolute Gasteiger partial charge is 0.380 e. The molecule has 0 spiro atoms. The summed E-state index contributed by atoms with van der Waals surface area (Å²) in [5.74, 6) is 0. The molecule has 0 aliphatic heterocycles. The predicted octanol–water partition coefficient (Wildman–Crippen LogP) is 3.29. The van der Waals surface area contributed by atoms with E-state index in [4.69, 9.17) is 28.5 Å². The van der Waals surface area contributed by atoms with Crippen LogP contribution in [0.3, 0.4) is 0 Å². The second-order valence-electron chi connectivity index (χ2n) is 2.60. The van der Waals surface area contributed by atoms with Gasteiger partial charge in [-0.1, -0.05) is 23.2 Å². The number of hydrogen-bond donors (Lipinski definition) is 1. The van der Waals surface area contributed by atoms with Crippen LogP contribution in [-0.2, 0) is 0 Å². The van der Waals surface area contributed by atoms with Gasteiger partial charge in [-0.05, 0) is 24.3 Å². The maximum absolute atomic E-state index is 8.57. The fourth-order valence-electron chi connectivity index (χ4n) is 0.888. The summed E-state index contributed by atoms with van der Waals surface area (Å²) >= 11 is 11.1. The average Bonchev–Trinajstić information content (AvgIpc) is 2.26. The molecule has 0 aliphatic carbocycles. The summed E-state index contributed by atoms with van der Waals surface area (Å²) in [7, 11) is 0. The molecule has 1 rings (SSSR count). The van der Waals surface area contributed by atoms with Gasteiger partial charge in [-0.15, -0.1) is 0 Å². The summed E-state index contributed by atoms with van der Waals surface area (Å²) in [5, 5.41) is 12.2. The molecule has 0 heterocycles. The Morgan fingerprint density at radius 1 is 1.43 bits per heavy atom. The van der Waals surface area contributed by atoms with Crippen molar-refractivity contribution in [2.45, 2.75) is 0 Å². The number of rotatable bonds is 3. The van der Waals surface area contributed by atoms with Gasteiger partial charge in [-0.2, -0.15) is 5.26 Å². The lowest BCUT2D eigenvalue weighted by molar-refractivity contribution is 1.31. The van der Waals surface area contributed by atoms with E-state index in [2.05, 4.69) is 5.32 Å². The van der Waals surface area contributed by atoms with Crippen LogP contribution in [0.25, 0.3) is 0 Å². The second kappa shape index (κ2) is 5.54. The van der Waals surface area contributed by atoms with E-state index in [1.807, 2.05) is 18.2 Å². The van der Waals surface area contributed by atoms with Crippen LogP contribution >= 0.6 is 23.2 Å². The van der Waals surface area contributed by atoms with Crippen LogP contribution in [0.4, 0.5) is 5.69 Å². The summed E-state index contributed by atoms with van der Waals surface area (Å²) in [6.45, 7) is 0.483. The lowest BCUT2D eigenvalue weighted by Gasteiger charge is -2.04. The molecule has 1 N–H and O–H groups in total. The van der Waals surface area contributed by atoms with Gasteiger partial charge in [0.2, 0.25) is 0 Å². The number of nitrogens with one attached hydrogen (secondary N) is 1. The predicted molar refractivity (Wildman–Crippen MR) is 59.4 cm³/mol. The monoisotopic (exact) mass is 226 g/mol. The van der Waals surface area contributed by atoms with Crippen LogP contribution < -0.4 is 5.32 Å². The zero-order valence-corrected chi connectivity index (χ0v) is 8.81. The van der Waals surface area contributed by atoms with Crippen LogP contribution in [0.5, 0.6) is 0 Å². The number of benzene rings is 1. The fraction of sp³-hybridized carbons (Fsp3) is 0.100. The van der Waals surface area contributed by atoms with Gasteiger partial charge < -0.3 is 5.32 Å². The summed E-state index contributed by atoms with van der Waals surface area (Å²) in [5.41, 5.74) is 2.85. The Labute approximate surface area is 92.8 Å². The summed E-state index contributed by atoms with van der Waals surface area (Å²) in [6.07, 6.45) is 0. The SMILES string of the molecule is N#Cc1ccc(NCC(Cl)=CCl)cc1. The molecule has 0 saturated heterocycles. The Morgan fingerprint density at radius 3 is 2.57 bits per heavy atom. The minimum atomic E-state index is 0.483. The van der Waals surface area contributed by atoms with Crippen LogP contribution in [0, 0.1) is 11.3 Å². The molecule has 0 aromatic heterocycles. The number of halogens is 2. The first kappa shape index (κ1) is 10.9. The van der Waals surface area contributed by atoms with Crippen molar-refractivity contribution >= 4 is 28.9 Å². The Bertz CT molecular complexity index is 363. The first-order valence-corrected chi connectivity index (χ1v) is 4.76. The van der Waals surface area contributed by atoms with E-state index in [9.17, 15) is 0 Å². The highest BCUT2D eigenvalue weighted by Gasteiger charge is 1.94. The van der Waals surface area contributed by atoms with Gasteiger partial charge in [0.05, 0.1) is 18.2 Å². The van der Waals surface area contributed by atoms with E-state index < -0.39 is 0 Å². The molecule has 0 saturated carbocycles. The lowest BCUT2D eigenvalue weighted by Crippen LogP contribution is -2.00. The van der Waals surface area contributed by atoms with Crippen molar-refractivity contribution < 1.29 is 0 Å². The van der Waals surface area contributed by atoms with Crippen molar-refractivity contribution in [2.24, 2.45) is 0 Å². The Morgan fingerprint density at radius 2 is 2.07 bits per heavy atom. The highest BCUT2D eigenvalue weighted by atomic mass is 35.5. The van der Waals surface area contributed by atoms with Gasteiger partial charge in [0.15, 0.2) is 0 Å². The molecule has 0 bridgehead atoms. The smallest absolute Gasteiger partial charge is 0.0991 e. The van der Waals surface area contributed by atoms with Crippen molar-refractivity contribution in [2.75, 3.05) is 11.9 Å². The van der Waals surface area contributed by atoms with Crippen molar-refractivity contribution in [1.82, 2.24) is 0 Å². The molecule has 0 radical (unpaired) electrons. The molecule has 1 aromatic carbocycles. The van der Waals surface area contributed by atoms with Gasteiger partial charge >= 0.3 is 0 Å². The van der Waals surface area contributed by atoms with E-state index in [0.29, 0.717) is 17.1 Å². The molecule has 1 aromatic rings. The van der Waals surface area contributed by atoms with E-state index in [1.165, 1.54) is 5.54 Å². The van der Waals surface area contributed by atoms with Crippen LogP contribution in [-0.4, -0.2) is 6.54 Å². The zero-order valence-electron chi connectivity index (χ0n) is 7.30. The number of anilines is 1. The highest BCUT2D eigenvalue weighted by Crippen LogP contribution is 2.10. The Kier molecular flexibility index (Phi) is 4.31. The normalized spacial score (nSPS) is 10.8. The molecular weight excluding hydrogens is 219 g/mol. The minimum absolute atomic E-state index is 0.483. The third-order valence-electron chi connectivity index (χ3n) is 1.59. The number of nitriles is 1. The van der Waals surface area contributed by atoms with E-state index in [-0.39, 0.29) is 0 Å². The molecule has 0 unspecified atom stereocenters. The summed E-state index contributed by atoms with van der Waals surface area (Å²) in [6, 6.07) is 9.15. The lowest BCUT2D eigenvalue weighted by atomic mass is 10.2. The standard InChI is InChI=1S/C10H8Cl2N2/c11-5-9(12)7-14-10-3-1-8(6-13)2-4-10/h1-5,14H,7H2. The maximum atomic E-state index is 8.57. The molecule has 0 fully saturated rings. The topological polar surface area (TPSA) is 35.8 Å². The van der Waals surface area contributed by atoms with Crippen molar-refractivity contribution in [3.8, 4) is 6.07 Å². The first-order chi connectivity index (χ1) is 6.76. The van der Waals surface area contributed by atoms with E-state index in [1.54, 1.807) is 12.1 Å². The summed E-state index contributed by atoms with van der Waals surface area (Å²) < 4.78 is 0. The minimum Gasteiger partial charge on any atom is -0.380 e. The zero-order chi connectivity index (χ0) is 10.4. The molecule has 0 amide bonds. The van der Waals surface area contributed by atoms with Crippen LogP contribution in [0.1, 0.15) is 5.56 Å². The van der Waals surface area contributed by atoms with Gasteiger partial charge in [0, 0.05) is 16.3 Å². The molecule has 2 nitrogen and oxygen atoms in total. The van der Waals surface area contributed by atoms with E-state index in [0.717, 1.165) is 5.69 Å². The Balaban J connectivity index is 2.57. The van der Waals surface area contributed by atoms with Crippen LogP contribution in [0.15, 0.2) is 34.8 Å². The Hall–Kier alpha value is -1.17. The van der Waals surface area contributed by atoms with Crippen LogP contribution in [0.2, 0.25) is 0 Å². The first-order valence-electron chi connectivity index (χ1n) is 3.95. The van der Waals surface area contributed by atoms with Gasteiger partial charge in [0.1, 0.15) is 0 Å². The maximum Gasteiger partial charge on any atom is 0.0991 e. The van der Waals surface area contributed by atoms with Crippen molar-refractivity contribution in [1.29, 1.82) is 5.26 Å². The van der Waals surface area contributed by atoms with E-state index >= 15 is 0 Å². The second-order valence-corrected chi connectivity index (χ2v) is 3.30. The highest BCUT2D eigenvalue weighted by molar-refractivity contribution is 6.36. The van der Waals surface area contributed by atoms with Crippen molar-refractivity contribution in [3.05, 3.63) is 40.4 Å². The molecule has 72 valence electrons. The quantitative estimate of drug-likeness (QED) is 0.859. The fourth-order valence-corrected chi connectivity index (χ4v) is 1.03. The van der Waals surface area contributed by atoms with Crippen molar-refractivity contribution in [3.63, 3.8) is 0 Å². The molecular formula is C10H8Cl2N2. The van der Waals surface area contributed by atoms with Gasteiger partial charge in [0.25, 0.3) is 0 Å². The third-order valence-corrected chi connectivity index (χ3v) is 2.21. The third kappa shape index (κ3) is 3.29. The molecule has 14 heavy (non-hydrogen) atoms. The molecule has 0 atom stereocenters.